The minimum absolute atomic E-state index is 0.0690. The summed E-state index contributed by atoms with van der Waals surface area (Å²) in [6.45, 7) is 2.84. The number of benzene rings is 2. The van der Waals surface area contributed by atoms with Crippen molar-refractivity contribution in [1.82, 2.24) is 0 Å². The molecule has 2 N–H and O–H groups in total. The summed E-state index contributed by atoms with van der Waals surface area (Å²) in [4.78, 5) is 0. The van der Waals surface area contributed by atoms with Crippen LogP contribution in [0.25, 0.3) is 0 Å². The van der Waals surface area contributed by atoms with Crippen LogP contribution in [0.3, 0.4) is 0 Å². The van der Waals surface area contributed by atoms with Gasteiger partial charge < -0.3 is 10.5 Å². The summed E-state index contributed by atoms with van der Waals surface area (Å²) >= 11 is 6.19. The van der Waals surface area contributed by atoms with E-state index in [-0.39, 0.29) is 6.04 Å². The highest BCUT2D eigenvalue weighted by atomic mass is 35.5. The van der Waals surface area contributed by atoms with E-state index in [9.17, 15) is 0 Å². The quantitative estimate of drug-likeness (QED) is 0.934. The van der Waals surface area contributed by atoms with Gasteiger partial charge in [-0.2, -0.15) is 0 Å². The fraction of sp³-hybridized carbons (Fsp3) is 0.333. The Balaban J connectivity index is 1.73. The Bertz CT molecular complexity index is 636. The number of aryl methyl sites for hydroxylation is 1. The summed E-state index contributed by atoms with van der Waals surface area (Å²) in [5.74, 6) is 0.999. The molecule has 0 amide bonds. The van der Waals surface area contributed by atoms with Gasteiger partial charge in [-0.25, -0.2) is 0 Å². The minimum Gasteiger partial charge on any atom is -0.493 e. The Morgan fingerprint density at radius 2 is 1.95 bits per heavy atom. The van der Waals surface area contributed by atoms with Crippen molar-refractivity contribution in [2.75, 3.05) is 6.61 Å². The Labute approximate surface area is 130 Å². The van der Waals surface area contributed by atoms with E-state index >= 15 is 0 Å². The fourth-order valence-electron chi connectivity index (χ4n) is 2.88. The van der Waals surface area contributed by atoms with Crippen molar-refractivity contribution < 1.29 is 4.74 Å². The molecule has 3 heteroatoms. The second kappa shape index (κ2) is 6.08. The fourth-order valence-corrected chi connectivity index (χ4v) is 3.14. The highest BCUT2D eigenvalue weighted by Gasteiger charge is 2.19. The van der Waals surface area contributed by atoms with Crippen LogP contribution in [0.2, 0.25) is 5.02 Å². The van der Waals surface area contributed by atoms with E-state index in [0.29, 0.717) is 0 Å². The molecule has 2 aromatic carbocycles. The van der Waals surface area contributed by atoms with Crippen LogP contribution in [0, 0.1) is 6.92 Å². The summed E-state index contributed by atoms with van der Waals surface area (Å²) in [6.07, 6.45) is 2.59. The topological polar surface area (TPSA) is 35.2 Å². The van der Waals surface area contributed by atoms with Gasteiger partial charge in [0, 0.05) is 17.5 Å². The zero-order valence-corrected chi connectivity index (χ0v) is 13.0. The predicted molar refractivity (Wildman–Crippen MR) is 87.2 cm³/mol. The van der Waals surface area contributed by atoms with Crippen LogP contribution >= 0.6 is 11.6 Å². The number of ether oxygens (including phenoxy) is 1. The third-order valence-electron chi connectivity index (χ3n) is 3.93. The standard InChI is InChI=1S/C18H20ClNO/c1-12-2-4-13(5-3-12)8-17(20)11-15-10-16(19)9-14-6-7-21-18(14)15/h2-5,9-10,17H,6-8,11,20H2,1H3. The van der Waals surface area contributed by atoms with Crippen molar-refractivity contribution in [3.63, 3.8) is 0 Å². The SMILES string of the molecule is Cc1ccc(CC(N)Cc2cc(Cl)cc3c2OCC3)cc1. The number of hydrogen-bond acceptors (Lipinski definition) is 2. The monoisotopic (exact) mass is 301 g/mol. The number of halogens is 1. The first kappa shape index (κ1) is 14.4. The molecular formula is C18H20ClNO. The minimum atomic E-state index is 0.0690. The van der Waals surface area contributed by atoms with E-state index in [0.717, 1.165) is 42.2 Å². The molecule has 0 radical (unpaired) electrons. The van der Waals surface area contributed by atoms with Crippen molar-refractivity contribution in [3.8, 4) is 5.75 Å². The lowest BCUT2D eigenvalue weighted by Crippen LogP contribution is -2.25. The van der Waals surface area contributed by atoms with Crippen molar-refractivity contribution in [3.05, 3.63) is 63.7 Å². The smallest absolute Gasteiger partial charge is 0.125 e. The summed E-state index contributed by atoms with van der Waals surface area (Å²) in [5.41, 5.74) is 11.2. The van der Waals surface area contributed by atoms with E-state index in [2.05, 4.69) is 31.2 Å². The molecule has 0 saturated carbocycles. The Morgan fingerprint density at radius 3 is 2.71 bits per heavy atom. The average molecular weight is 302 g/mol. The zero-order chi connectivity index (χ0) is 14.8. The number of rotatable bonds is 4. The number of fused-ring (bicyclic) bond motifs is 1. The van der Waals surface area contributed by atoms with Crippen LogP contribution in [-0.2, 0) is 19.3 Å². The second-order valence-corrected chi connectivity index (χ2v) is 6.24. The molecule has 1 aliphatic heterocycles. The van der Waals surface area contributed by atoms with E-state index in [1.807, 2.05) is 12.1 Å². The van der Waals surface area contributed by atoms with Gasteiger partial charge >= 0.3 is 0 Å². The third-order valence-corrected chi connectivity index (χ3v) is 4.14. The maximum absolute atomic E-state index is 6.32. The van der Waals surface area contributed by atoms with Crippen LogP contribution in [0.1, 0.15) is 22.3 Å². The maximum atomic E-state index is 6.32. The molecule has 0 bridgehead atoms. The van der Waals surface area contributed by atoms with Gasteiger partial charge in [0.2, 0.25) is 0 Å². The van der Waals surface area contributed by atoms with Crippen molar-refractivity contribution in [1.29, 1.82) is 0 Å². The molecule has 1 aliphatic rings. The molecule has 0 saturated heterocycles. The largest absolute Gasteiger partial charge is 0.493 e. The van der Waals surface area contributed by atoms with Crippen LogP contribution in [0.4, 0.5) is 0 Å². The van der Waals surface area contributed by atoms with Gasteiger partial charge in [-0.3, -0.25) is 0 Å². The summed E-state index contributed by atoms with van der Waals surface area (Å²) in [7, 11) is 0. The summed E-state index contributed by atoms with van der Waals surface area (Å²) < 4.78 is 5.74. The Kier molecular flexibility index (Phi) is 4.18. The molecule has 21 heavy (non-hydrogen) atoms. The van der Waals surface area contributed by atoms with Crippen molar-refractivity contribution in [2.24, 2.45) is 5.73 Å². The molecule has 0 aromatic heterocycles. The Hall–Kier alpha value is -1.51. The van der Waals surface area contributed by atoms with E-state index in [1.165, 1.54) is 16.7 Å². The first-order valence-corrected chi connectivity index (χ1v) is 7.75. The number of hydrogen-bond donors (Lipinski definition) is 1. The predicted octanol–water partition coefficient (Wildman–Crippen LogP) is 3.70. The highest BCUT2D eigenvalue weighted by molar-refractivity contribution is 6.30. The van der Waals surface area contributed by atoms with E-state index < -0.39 is 0 Å². The molecular weight excluding hydrogens is 282 g/mol. The van der Waals surface area contributed by atoms with E-state index in [1.54, 1.807) is 0 Å². The van der Waals surface area contributed by atoms with Crippen molar-refractivity contribution in [2.45, 2.75) is 32.2 Å². The van der Waals surface area contributed by atoms with Crippen LogP contribution < -0.4 is 10.5 Å². The first-order valence-electron chi connectivity index (χ1n) is 7.37. The van der Waals surface area contributed by atoms with Gasteiger partial charge in [0.15, 0.2) is 0 Å². The second-order valence-electron chi connectivity index (χ2n) is 5.81. The third kappa shape index (κ3) is 3.39. The first-order chi connectivity index (χ1) is 10.1. The normalized spacial score (nSPS) is 14.6. The van der Waals surface area contributed by atoms with Gasteiger partial charge in [-0.05, 0) is 48.6 Å². The summed E-state index contributed by atoms with van der Waals surface area (Å²) in [5, 5.41) is 0.775. The lowest BCUT2D eigenvalue weighted by atomic mass is 9.97. The molecule has 0 fully saturated rings. The summed E-state index contributed by atoms with van der Waals surface area (Å²) in [6, 6.07) is 12.6. The molecule has 1 heterocycles. The van der Waals surface area contributed by atoms with Crippen LogP contribution in [-0.4, -0.2) is 12.6 Å². The number of nitrogens with two attached hydrogens (primary N) is 1. The Morgan fingerprint density at radius 1 is 1.19 bits per heavy atom. The van der Waals surface area contributed by atoms with E-state index in [4.69, 9.17) is 22.1 Å². The molecule has 1 unspecified atom stereocenters. The van der Waals surface area contributed by atoms with Gasteiger partial charge in [0.05, 0.1) is 6.61 Å². The molecule has 3 rings (SSSR count). The molecule has 0 spiro atoms. The lowest BCUT2D eigenvalue weighted by Gasteiger charge is -2.15. The van der Waals surface area contributed by atoms with Gasteiger partial charge in [0.25, 0.3) is 0 Å². The van der Waals surface area contributed by atoms with Crippen LogP contribution in [0.5, 0.6) is 5.75 Å². The highest BCUT2D eigenvalue weighted by Crippen LogP contribution is 2.33. The lowest BCUT2D eigenvalue weighted by molar-refractivity contribution is 0.352. The molecule has 2 nitrogen and oxygen atoms in total. The van der Waals surface area contributed by atoms with Gasteiger partial charge in [-0.15, -0.1) is 0 Å². The molecule has 110 valence electrons. The molecule has 0 aliphatic carbocycles. The molecule has 1 atom stereocenters. The van der Waals surface area contributed by atoms with Crippen LogP contribution in [0.15, 0.2) is 36.4 Å². The van der Waals surface area contributed by atoms with Gasteiger partial charge in [0.1, 0.15) is 5.75 Å². The molecule has 2 aromatic rings. The van der Waals surface area contributed by atoms with Crippen molar-refractivity contribution >= 4 is 11.6 Å². The maximum Gasteiger partial charge on any atom is 0.125 e. The zero-order valence-electron chi connectivity index (χ0n) is 12.2. The average Bonchev–Trinajstić information content (AvgIpc) is 2.89. The van der Waals surface area contributed by atoms with Gasteiger partial charge in [-0.1, -0.05) is 41.4 Å².